The highest BCUT2D eigenvalue weighted by Crippen LogP contribution is 2.29. The van der Waals surface area contributed by atoms with Crippen molar-refractivity contribution in [3.8, 4) is 0 Å². The van der Waals surface area contributed by atoms with Crippen molar-refractivity contribution in [2.45, 2.75) is 39.5 Å². The van der Waals surface area contributed by atoms with E-state index < -0.39 is 0 Å². The van der Waals surface area contributed by atoms with Crippen LogP contribution in [0.25, 0.3) is 0 Å². The summed E-state index contributed by atoms with van der Waals surface area (Å²) in [5, 5.41) is 2.91. The summed E-state index contributed by atoms with van der Waals surface area (Å²) < 4.78 is 0. The van der Waals surface area contributed by atoms with Crippen molar-refractivity contribution in [1.82, 2.24) is 0 Å². The maximum Gasteiger partial charge on any atom is 0.227 e. The average molecular weight is 349 g/mol. The molecule has 0 saturated carbocycles. The van der Waals surface area contributed by atoms with Crippen LogP contribution >= 0.6 is 0 Å². The number of anilines is 1. The van der Waals surface area contributed by atoms with Gasteiger partial charge < -0.3 is 5.32 Å². The predicted molar refractivity (Wildman–Crippen MR) is 102 cm³/mol. The minimum Gasteiger partial charge on any atom is -0.326 e. The Morgan fingerprint density at radius 1 is 0.923 bits per heavy atom. The summed E-state index contributed by atoms with van der Waals surface area (Å²) in [4.78, 5) is 37.9. The molecule has 1 aliphatic carbocycles. The van der Waals surface area contributed by atoms with Crippen LogP contribution in [0.4, 0.5) is 5.69 Å². The van der Waals surface area contributed by atoms with E-state index in [0.717, 1.165) is 25.7 Å². The van der Waals surface area contributed by atoms with Gasteiger partial charge in [0.2, 0.25) is 5.91 Å². The third kappa shape index (κ3) is 3.32. The number of benzene rings is 2. The molecule has 0 heterocycles. The van der Waals surface area contributed by atoms with Gasteiger partial charge in [-0.05, 0) is 31.0 Å². The molecular formula is C22H23NO3. The normalized spacial score (nSPS) is 13.8. The lowest BCUT2D eigenvalue weighted by Crippen LogP contribution is -2.24. The van der Waals surface area contributed by atoms with Gasteiger partial charge in [-0.25, -0.2) is 0 Å². The largest absolute Gasteiger partial charge is 0.326 e. The van der Waals surface area contributed by atoms with E-state index in [0.29, 0.717) is 27.9 Å². The molecule has 1 unspecified atom stereocenters. The van der Waals surface area contributed by atoms with Crippen LogP contribution < -0.4 is 5.32 Å². The number of carbonyl (C=O) groups is 3. The summed E-state index contributed by atoms with van der Waals surface area (Å²) in [6.45, 7) is 4.11. The number of rotatable bonds is 6. The smallest absolute Gasteiger partial charge is 0.227 e. The number of fused-ring (bicyclic) bond motifs is 2. The zero-order valence-electron chi connectivity index (χ0n) is 15.2. The summed E-state index contributed by atoms with van der Waals surface area (Å²) in [5.74, 6) is -0.397. The fraction of sp³-hybridized carbons (Fsp3) is 0.318. The fourth-order valence-corrected chi connectivity index (χ4v) is 3.39. The second-order valence-electron chi connectivity index (χ2n) is 6.70. The van der Waals surface area contributed by atoms with Crippen LogP contribution in [0.15, 0.2) is 42.5 Å². The summed E-state index contributed by atoms with van der Waals surface area (Å²) in [6.07, 6.45) is 3.70. The van der Waals surface area contributed by atoms with Gasteiger partial charge in [0.05, 0.1) is 0 Å². The third-order valence-electron chi connectivity index (χ3n) is 4.96. The molecule has 0 radical (unpaired) electrons. The Morgan fingerprint density at radius 3 is 2.15 bits per heavy atom. The molecule has 2 aromatic carbocycles. The van der Waals surface area contributed by atoms with E-state index in [1.54, 1.807) is 42.5 Å². The third-order valence-corrected chi connectivity index (χ3v) is 4.96. The van der Waals surface area contributed by atoms with Gasteiger partial charge in [0.25, 0.3) is 0 Å². The van der Waals surface area contributed by atoms with Crippen LogP contribution in [0.2, 0.25) is 0 Å². The number of unbranched alkanes of at least 4 members (excludes halogenated alkanes) is 1. The van der Waals surface area contributed by atoms with Gasteiger partial charge in [-0.2, -0.15) is 0 Å². The number of amides is 1. The van der Waals surface area contributed by atoms with Crippen molar-refractivity contribution in [3.63, 3.8) is 0 Å². The number of nitrogens with one attached hydrogen (secondary N) is 1. The van der Waals surface area contributed by atoms with Gasteiger partial charge in [0.15, 0.2) is 11.6 Å². The first kappa shape index (κ1) is 18.1. The number of hydrogen-bond donors (Lipinski definition) is 1. The number of ketones is 2. The van der Waals surface area contributed by atoms with Crippen LogP contribution in [0, 0.1) is 5.92 Å². The van der Waals surface area contributed by atoms with Gasteiger partial charge in [-0.1, -0.05) is 51.0 Å². The molecule has 26 heavy (non-hydrogen) atoms. The highest BCUT2D eigenvalue weighted by atomic mass is 16.2. The van der Waals surface area contributed by atoms with Crippen molar-refractivity contribution in [3.05, 3.63) is 64.7 Å². The molecule has 0 bridgehead atoms. The monoisotopic (exact) mass is 349 g/mol. The lowest BCUT2D eigenvalue weighted by atomic mass is 9.84. The minimum atomic E-state index is -0.177. The maximum absolute atomic E-state index is 12.8. The Hall–Kier alpha value is -2.75. The number of hydrogen-bond acceptors (Lipinski definition) is 3. The summed E-state index contributed by atoms with van der Waals surface area (Å²) in [5.41, 5.74) is 2.16. The first-order chi connectivity index (χ1) is 12.6. The average Bonchev–Trinajstić information content (AvgIpc) is 2.66. The zero-order valence-corrected chi connectivity index (χ0v) is 15.2. The molecule has 2 aromatic rings. The summed E-state index contributed by atoms with van der Waals surface area (Å²) >= 11 is 0. The van der Waals surface area contributed by atoms with Gasteiger partial charge in [0.1, 0.15) is 0 Å². The van der Waals surface area contributed by atoms with Crippen LogP contribution in [0.5, 0.6) is 0 Å². The summed E-state index contributed by atoms with van der Waals surface area (Å²) in [7, 11) is 0. The van der Waals surface area contributed by atoms with Gasteiger partial charge in [-0.3, -0.25) is 14.4 Å². The van der Waals surface area contributed by atoms with Crippen molar-refractivity contribution >= 4 is 23.2 Å². The molecule has 1 amide bonds. The molecule has 0 saturated heterocycles. The summed E-state index contributed by atoms with van der Waals surface area (Å²) in [6, 6.07) is 11.8. The van der Waals surface area contributed by atoms with Crippen LogP contribution in [0.1, 0.15) is 71.4 Å². The lowest BCUT2D eigenvalue weighted by molar-refractivity contribution is -0.120. The van der Waals surface area contributed by atoms with E-state index in [9.17, 15) is 14.4 Å². The Bertz CT molecular complexity index is 869. The molecule has 0 spiro atoms. The minimum absolute atomic E-state index is 0.0316. The van der Waals surface area contributed by atoms with Crippen LogP contribution in [-0.2, 0) is 4.79 Å². The van der Waals surface area contributed by atoms with Crippen molar-refractivity contribution in [2.75, 3.05) is 5.32 Å². The first-order valence-electron chi connectivity index (χ1n) is 9.20. The lowest BCUT2D eigenvalue weighted by Gasteiger charge is -2.19. The molecule has 4 nitrogen and oxygen atoms in total. The second kappa shape index (κ2) is 7.65. The van der Waals surface area contributed by atoms with Crippen LogP contribution in [0.3, 0.4) is 0 Å². The van der Waals surface area contributed by atoms with E-state index >= 15 is 0 Å². The highest BCUT2D eigenvalue weighted by Gasteiger charge is 2.29. The Balaban J connectivity index is 1.86. The van der Waals surface area contributed by atoms with Gasteiger partial charge in [-0.15, -0.1) is 0 Å². The standard InChI is InChI=1S/C22H23NO3/c1-3-5-8-14(4-2)22(26)23-15-11-12-18-19(13-15)21(25)17-10-7-6-9-16(17)20(18)24/h6-7,9-14H,3-5,8H2,1-2H3,(H,23,26). The van der Waals surface area contributed by atoms with Crippen LogP contribution in [-0.4, -0.2) is 17.5 Å². The second-order valence-corrected chi connectivity index (χ2v) is 6.70. The molecule has 1 aliphatic rings. The molecule has 0 aromatic heterocycles. The Kier molecular flexibility index (Phi) is 5.31. The fourth-order valence-electron chi connectivity index (χ4n) is 3.39. The van der Waals surface area contributed by atoms with E-state index in [4.69, 9.17) is 0 Å². The van der Waals surface area contributed by atoms with Crippen molar-refractivity contribution in [2.24, 2.45) is 5.92 Å². The van der Waals surface area contributed by atoms with Gasteiger partial charge in [0, 0.05) is 33.9 Å². The maximum atomic E-state index is 12.8. The van der Waals surface area contributed by atoms with E-state index in [2.05, 4.69) is 12.2 Å². The first-order valence-corrected chi connectivity index (χ1v) is 9.20. The topological polar surface area (TPSA) is 63.2 Å². The van der Waals surface area contributed by atoms with Gasteiger partial charge >= 0.3 is 0 Å². The molecule has 1 atom stereocenters. The molecule has 3 rings (SSSR count). The van der Waals surface area contributed by atoms with Crippen molar-refractivity contribution in [1.29, 1.82) is 0 Å². The molecule has 1 N–H and O–H groups in total. The molecule has 0 fully saturated rings. The molecular weight excluding hydrogens is 326 g/mol. The zero-order chi connectivity index (χ0) is 18.7. The SMILES string of the molecule is CCCCC(CC)C(=O)Nc1ccc2c(c1)C(=O)c1ccccc1C2=O. The molecule has 134 valence electrons. The highest BCUT2D eigenvalue weighted by molar-refractivity contribution is 6.28. The Labute approximate surface area is 153 Å². The van der Waals surface area contributed by atoms with E-state index in [-0.39, 0.29) is 23.4 Å². The quantitative estimate of drug-likeness (QED) is 0.706. The Morgan fingerprint density at radius 2 is 1.54 bits per heavy atom. The van der Waals surface area contributed by atoms with Crippen molar-refractivity contribution < 1.29 is 14.4 Å². The van der Waals surface area contributed by atoms with E-state index in [1.807, 2.05) is 6.92 Å². The van der Waals surface area contributed by atoms with E-state index in [1.165, 1.54) is 0 Å². The molecule has 0 aliphatic heterocycles. The molecule has 4 heteroatoms. The number of carbonyl (C=O) groups excluding carboxylic acids is 3. The predicted octanol–water partition coefficient (Wildman–Crippen LogP) is 4.62.